The summed E-state index contributed by atoms with van der Waals surface area (Å²) in [6, 6.07) is 6.17. The third-order valence-corrected chi connectivity index (χ3v) is 18.3. The van der Waals surface area contributed by atoms with Gasteiger partial charge in [-0.05, 0) is 163 Å². The molecule has 510 valence electrons. The number of fused-ring (bicyclic) bond motifs is 9. The average molecular weight is 1320 g/mol. The Balaban J connectivity index is 0.000000126. The van der Waals surface area contributed by atoms with Crippen LogP contribution in [0, 0.1) is 0 Å². The van der Waals surface area contributed by atoms with E-state index >= 15 is 0 Å². The lowest BCUT2D eigenvalue weighted by atomic mass is 10.1. The van der Waals surface area contributed by atoms with Crippen LogP contribution in [-0.4, -0.2) is 105 Å². The summed E-state index contributed by atoms with van der Waals surface area (Å²) in [5.74, 6) is 5.88. The van der Waals surface area contributed by atoms with Crippen LogP contribution in [-0.2, 0) is 97.9 Å². The fourth-order valence-electron chi connectivity index (χ4n) is 12.0. The van der Waals surface area contributed by atoms with Gasteiger partial charge in [-0.15, -0.1) is 0 Å². The molecule has 9 aliphatic rings. The molecule has 0 bridgehead atoms. The van der Waals surface area contributed by atoms with Crippen molar-refractivity contribution in [3.8, 4) is 0 Å². The Kier molecular flexibility index (Phi) is 28.7. The first-order chi connectivity index (χ1) is 46.3. The molecule has 0 saturated carbocycles. The van der Waals surface area contributed by atoms with Crippen molar-refractivity contribution in [3.63, 3.8) is 0 Å². The monoisotopic (exact) mass is 1310 g/mol. The zero-order valence-electron chi connectivity index (χ0n) is 54.8. The summed E-state index contributed by atoms with van der Waals surface area (Å²) in [5.41, 5.74) is 17.0. The molecule has 18 heterocycles. The summed E-state index contributed by atoms with van der Waals surface area (Å²) in [7, 11) is 0. The van der Waals surface area contributed by atoms with Gasteiger partial charge in [0.15, 0.2) is 0 Å². The molecule has 9 aromatic rings. The Morgan fingerprint density at radius 1 is 0.442 bits per heavy atom. The molecule has 0 spiro atoms. The molecule has 9 aliphatic heterocycles. The number of ether oxygens (including phenoxy) is 2. The third kappa shape index (κ3) is 22.7. The summed E-state index contributed by atoms with van der Waals surface area (Å²) in [5, 5.41) is 29.6. The summed E-state index contributed by atoms with van der Waals surface area (Å²) >= 11 is 2.00. The van der Waals surface area contributed by atoms with Gasteiger partial charge in [-0.3, -0.25) is 15.0 Å². The summed E-state index contributed by atoms with van der Waals surface area (Å²) in [4.78, 5) is 36.7. The van der Waals surface area contributed by atoms with Crippen molar-refractivity contribution in [1.82, 2.24) is 73.6 Å². The van der Waals surface area contributed by atoms with Crippen LogP contribution in [0.5, 0.6) is 0 Å². The number of imidazole rings is 4. The highest BCUT2D eigenvalue weighted by molar-refractivity contribution is 7.98. The molecule has 0 radical (unpaired) electrons. The van der Waals surface area contributed by atoms with Crippen LogP contribution < -0.4 is 26.6 Å². The number of hydrogen-bond donors (Lipinski definition) is 10. The van der Waals surface area contributed by atoms with Crippen molar-refractivity contribution in [1.29, 1.82) is 0 Å². The molecular formula is C71H102N20O3S. The van der Waals surface area contributed by atoms with E-state index < -0.39 is 0 Å². The molecule has 0 aromatic carbocycles. The first kappa shape index (κ1) is 70.6. The molecule has 95 heavy (non-hydrogen) atoms. The van der Waals surface area contributed by atoms with E-state index in [4.69, 9.17) is 9.47 Å². The molecule has 1 amide bonds. The zero-order valence-corrected chi connectivity index (χ0v) is 55.6. The number of nitrogens with one attached hydrogen (secondary N) is 10. The second-order valence-corrected chi connectivity index (χ2v) is 25.6. The predicted molar refractivity (Wildman–Crippen MR) is 382 cm³/mol. The minimum atomic E-state index is 0. The predicted octanol–water partition coefficient (Wildman–Crippen LogP) is 14.0. The number of carbonyl (C=O) groups excluding carboxylic acids is 1. The lowest BCUT2D eigenvalue weighted by Crippen LogP contribution is -2.08. The van der Waals surface area contributed by atoms with E-state index in [1.54, 1.807) is 0 Å². The largest absolute Gasteiger partial charge is 0.375 e. The van der Waals surface area contributed by atoms with Gasteiger partial charge in [-0.2, -0.15) is 22.0 Å². The fraction of sp³-hybridized carbons (Fsp3) is 0.479. The second-order valence-electron chi connectivity index (χ2n) is 24.5. The molecule has 23 nitrogen and oxygen atoms in total. The van der Waals surface area contributed by atoms with Crippen molar-refractivity contribution in [2.75, 3.05) is 52.1 Å². The summed E-state index contributed by atoms with van der Waals surface area (Å²) in [6.45, 7) is 20.6. The van der Waals surface area contributed by atoms with E-state index in [-0.39, 0.29) is 13.3 Å². The Morgan fingerprint density at radius 3 is 1.92 bits per heavy atom. The number of thioether (sulfide) groups is 1. The smallest absolute Gasteiger partial charge is 0.224 e. The number of hydrogen-bond acceptors (Lipinski definition) is 14. The van der Waals surface area contributed by atoms with E-state index in [1.165, 1.54) is 122 Å². The summed E-state index contributed by atoms with van der Waals surface area (Å²) in [6.07, 6.45) is 49.9. The number of rotatable bonds is 0. The first-order valence-corrected chi connectivity index (χ1v) is 35.0. The van der Waals surface area contributed by atoms with E-state index in [9.17, 15) is 4.79 Å². The number of nitrogens with zero attached hydrogens (tertiary/aromatic N) is 10. The van der Waals surface area contributed by atoms with Gasteiger partial charge in [0.25, 0.3) is 0 Å². The van der Waals surface area contributed by atoms with Gasteiger partial charge in [0.05, 0.1) is 86.1 Å². The van der Waals surface area contributed by atoms with Crippen molar-refractivity contribution < 1.29 is 14.3 Å². The normalized spacial score (nSPS) is 17.2. The van der Waals surface area contributed by atoms with Crippen molar-refractivity contribution in [2.45, 2.75) is 194 Å². The molecule has 0 unspecified atom stereocenters. The quantitative estimate of drug-likeness (QED) is 0.0677. The number of allylic oxidation sites excluding steroid dienone is 3. The second kappa shape index (κ2) is 38.6. The molecule has 0 aliphatic carbocycles. The van der Waals surface area contributed by atoms with Gasteiger partial charge in [-0.1, -0.05) is 33.6 Å². The minimum absolute atomic E-state index is 0. The average Bonchev–Trinajstić information content (AvgIpc) is 2.72. The van der Waals surface area contributed by atoms with Gasteiger partial charge < -0.3 is 69.3 Å². The van der Waals surface area contributed by atoms with Crippen LogP contribution in [0.25, 0.3) is 0 Å². The number of aryl methyl sites for hydroxylation is 10. The topological polar surface area (TPSA) is 272 Å². The molecule has 18 rings (SSSR count). The number of anilines is 5. The maximum absolute atomic E-state index is 11.0. The highest BCUT2D eigenvalue weighted by Gasteiger charge is 2.15. The molecule has 0 saturated heterocycles. The van der Waals surface area contributed by atoms with Crippen molar-refractivity contribution in [2.24, 2.45) is 0 Å². The lowest BCUT2D eigenvalue weighted by Gasteiger charge is -2.02. The van der Waals surface area contributed by atoms with Gasteiger partial charge in [0.1, 0.15) is 17.5 Å². The molecule has 0 atom stereocenters. The van der Waals surface area contributed by atoms with Crippen molar-refractivity contribution in [3.05, 3.63) is 187 Å². The maximum atomic E-state index is 11.0. The van der Waals surface area contributed by atoms with E-state index in [0.29, 0.717) is 6.42 Å². The van der Waals surface area contributed by atoms with Gasteiger partial charge in [-0.25, -0.2) is 19.9 Å². The number of aromatic nitrogens is 15. The maximum Gasteiger partial charge on any atom is 0.224 e. The molecular weight excluding hydrogens is 1210 g/mol. The van der Waals surface area contributed by atoms with E-state index in [2.05, 4.69) is 132 Å². The van der Waals surface area contributed by atoms with Crippen LogP contribution in [0.1, 0.15) is 161 Å². The van der Waals surface area contributed by atoms with Gasteiger partial charge in [0.2, 0.25) is 5.91 Å². The van der Waals surface area contributed by atoms with Crippen LogP contribution in [0.4, 0.5) is 28.8 Å². The summed E-state index contributed by atoms with van der Waals surface area (Å²) < 4.78 is 19.5. The Morgan fingerprint density at radius 2 is 1.05 bits per heavy atom. The first-order valence-electron chi connectivity index (χ1n) is 33.9. The highest BCUT2D eigenvalue weighted by atomic mass is 32.2. The number of carbonyl (C=O) groups is 1. The highest BCUT2D eigenvalue weighted by Crippen LogP contribution is 2.26. The fourth-order valence-corrected chi connectivity index (χ4v) is 12.9. The standard InChI is InChI=1S/C9H12N2.2C8H11N3.C8H10N2O.C8H12N2.C8H11NO.C7H11N3.C7H10N2O.C7H10N2S.CH4/c1-7-3-2-4-8-5-6-10-9(8)11-7;1-6-3-2-4-7-8(10-6)5-9-11-7;1-6-3-2-4-7-5-9-11-8(7)10-6;11-8-3-1-2-6-7(10-8)4-5-9-6;1-2-4-8-6-9-7-10(8)5-3-1;1-2-7-3-4-9-8(7)6-10-5-1;1-2-4-10-6-8-5-7(10)9-3-1;2*1-2-9-6-8-4-7(9)5-10-3-1;/h5-6,10-11H,1-4H2;5,10H,1-4H2,(H,9,11);5H,1-4H2,(H2,9,10,11);4-5,9H,1-3H2,(H,10,11);6-7H,1-5H2;3-4,9H,1-2,5-6H2;5-6,9H,1-4H2;2*4,6H,1-3,5H2;1H4. The third-order valence-electron chi connectivity index (χ3n) is 17.2. The Hall–Kier alpha value is -8.74. The number of aromatic amines is 5. The molecule has 9 aromatic heterocycles. The SMILES string of the molecule is C.C=C1CCCc2[nH]ncc2N1.C=C1CCCc2cc[nH]c2N1.C=C1CCCc2cn[nH]c2N1.O=C1CCCc2[nH]ccc2N1.c1cc2c([nH]1)COCCC2.c1ncn2c1CCCCC2.c1ncn2c1COCCC2.c1ncn2c1CSCCC2.c1ncn2c1NCCCC2. The Labute approximate surface area is 564 Å². The van der Waals surface area contributed by atoms with Gasteiger partial charge >= 0.3 is 0 Å². The van der Waals surface area contributed by atoms with Crippen LogP contribution in [0.2, 0.25) is 0 Å². The Bertz CT molecular complexity index is 3080. The minimum Gasteiger partial charge on any atom is -0.375 e. The van der Waals surface area contributed by atoms with Crippen LogP contribution >= 0.6 is 11.8 Å². The molecule has 24 heteroatoms. The molecule has 0 fully saturated rings. The lowest BCUT2D eigenvalue weighted by molar-refractivity contribution is -0.116. The van der Waals surface area contributed by atoms with E-state index in [1.807, 2.05) is 98.9 Å². The van der Waals surface area contributed by atoms with Crippen molar-refractivity contribution >= 4 is 46.5 Å². The molecule has 10 N–H and O–H groups in total. The number of amides is 1. The van der Waals surface area contributed by atoms with Crippen LogP contribution in [0.3, 0.4) is 0 Å². The van der Waals surface area contributed by atoms with Crippen LogP contribution in [0.15, 0.2) is 136 Å². The van der Waals surface area contributed by atoms with E-state index in [0.717, 1.165) is 181 Å². The van der Waals surface area contributed by atoms with Gasteiger partial charge in [0, 0.05) is 135 Å². The zero-order chi connectivity index (χ0) is 64.8. The number of H-pyrrole nitrogens is 5.